The first-order valence-electron chi connectivity index (χ1n) is 8.78. The van der Waals surface area contributed by atoms with E-state index in [-0.39, 0.29) is 0 Å². The summed E-state index contributed by atoms with van der Waals surface area (Å²) in [6.07, 6.45) is 2.40. The van der Waals surface area contributed by atoms with Crippen LogP contribution in [0.4, 0.5) is 23.1 Å². The van der Waals surface area contributed by atoms with Gasteiger partial charge in [-0.3, -0.25) is 0 Å². The zero-order valence-corrected chi connectivity index (χ0v) is 17.3. The number of aromatic nitrogens is 3. The van der Waals surface area contributed by atoms with Gasteiger partial charge in [0.05, 0.1) is 22.1 Å². The van der Waals surface area contributed by atoms with Gasteiger partial charge in [0.2, 0.25) is 5.95 Å². The van der Waals surface area contributed by atoms with Gasteiger partial charge >= 0.3 is 0 Å². The highest BCUT2D eigenvalue weighted by Gasteiger charge is 2.20. The Hall–Kier alpha value is -2.77. The van der Waals surface area contributed by atoms with Crippen molar-refractivity contribution in [2.75, 3.05) is 29.6 Å². The Morgan fingerprint density at radius 3 is 2.75 bits per heavy atom. The Morgan fingerprint density at radius 1 is 1.18 bits per heavy atom. The maximum absolute atomic E-state index is 6.16. The van der Waals surface area contributed by atoms with Crippen LogP contribution in [0.5, 0.6) is 0 Å². The van der Waals surface area contributed by atoms with Crippen molar-refractivity contribution in [2.24, 2.45) is 0 Å². The number of nitrogens with one attached hydrogen (secondary N) is 2. The first-order valence-corrected chi connectivity index (χ1v) is 9.57. The molecule has 0 unspecified atom stereocenters. The molecule has 3 heterocycles. The van der Waals surface area contributed by atoms with E-state index in [0.29, 0.717) is 22.4 Å². The monoisotopic (exact) mass is 410 g/mol. The fraction of sp³-hybridized carbons (Fsp3) is 0.200. The maximum atomic E-state index is 6.16. The van der Waals surface area contributed by atoms with Crippen molar-refractivity contribution in [3.05, 3.63) is 52.8 Å². The van der Waals surface area contributed by atoms with Crippen LogP contribution in [0.2, 0.25) is 5.02 Å². The van der Waals surface area contributed by atoms with Crippen LogP contribution in [-0.2, 0) is 6.42 Å². The van der Waals surface area contributed by atoms with Gasteiger partial charge in [0, 0.05) is 48.5 Å². The normalized spacial score (nSPS) is 12.5. The molecular weight excluding hydrogens is 392 g/mol. The van der Waals surface area contributed by atoms with Crippen molar-refractivity contribution >= 4 is 51.9 Å². The highest BCUT2D eigenvalue weighted by Crippen LogP contribution is 2.35. The van der Waals surface area contributed by atoms with Gasteiger partial charge in [-0.15, -0.1) is 0 Å². The first kappa shape index (κ1) is 18.6. The summed E-state index contributed by atoms with van der Waals surface area (Å²) in [5, 5.41) is 7.17. The zero-order chi connectivity index (χ0) is 19.8. The minimum Gasteiger partial charge on any atom is -0.363 e. The minimum absolute atomic E-state index is 0.509. The lowest BCUT2D eigenvalue weighted by Gasteiger charge is -2.15. The Bertz CT molecular complexity index is 1080. The molecule has 1 aliphatic heterocycles. The first-order chi connectivity index (χ1) is 13.4. The van der Waals surface area contributed by atoms with Gasteiger partial charge in [-0.25, -0.2) is 15.0 Å². The standard InChI is InChI=1S/C20H19ClN6S/c1-11-15(6-7-17(23-11)27(2)3)25-20-22-10-12-8-18(28)24-16-9-13(21)4-5-14(16)19(12)26-20/h4-7,9-10H,8H2,1-3H3,(H,24,28)(H,22,25,26). The molecule has 1 aliphatic rings. The number of nitrogens with zero attached hydrogens (tertiary/aromatic N) is 4. The molecule has 0 aliphatic carbocycles. The summed E-state index contributed by atoms with van der Waals surface area (Å²) in [7, 11) is 3.93. The predicted octanol–water partition coefficient (Wildman–Crippen LogP) is 4.61. The lowest BCUT2D eigenvalue weighted by molar-refractivity contribution is 1.04. The van der Waals surface area contributed by atoms with Crippen LogP contribution in [0.25, 0.3) is 11.3 Å². The lowest BCUT2D eigenvalue weighted by atomic mass is 10.1. The second-order valence-electron chi connectivity index (χ2n) is 6.80. The third-order valence-corrected chi connectivity index (χ3v) is 4.98. The molecule has 4 rings (SSSR count). The molecule has 0 amide bonds. The second kappa shape index (κ2) is 7.33. The van der Waals surface area contributed by atoms with Gasteiger partial charge in [-0.05, 0) is 37.3 Å². The van der Waals surface area contributed by atoms with E-state index in [9.17, 15) is 0 Å². The van der Waals surface area contributed by atoms with Gasteiger partial charge in [0.1, 0.15) is 5.82 Å². The van der Waals surface area contributed by atoms with Crippen LogP contribution in [-0.4, -0.2) is 34.0 Å². The van der Waals surface area contributed by atoms with Crippen LogP contribution >= 0.6 is 23.8 Å². The van der Waals surface area contributed by atoms with Gasteiger partial charge in [-0.2, -0.15) is 0 Å². The van der Waals surface area contributed by atoms with E-state index in [2.05, 4.69) is 20.6 Å². The molecule has 0 fully saturated rings. The number of hydrogen-bond donors (Lipinski definition) is 2. The molecular formula is C20H19ClN6S. The van der Waals surface area contributed by atoms with Crippen molar-refractivity contribution in [2.45, 2.75) is 13.3 Å². The third kappa shape index (κ3) is 3.63. The molecule has 0 atom stereocenters. The van der Waals surface area contributed by atoms with E-state index in [1.165, 1.54) is 0 Å². The quantitative estimate of drug-likeness (QED) is 0.611. The molecule has 6 nitrogen and oxygen atoms in total. The Kier molecular flexibility index (Phi) is 4.87. The molecule has 2 N–H and O–H groups in total. The van der Waals surface area contributed by atoms with Gasteiger partial charge in [0.15, 0.2) is 0 Å². The molecule has 3 aromatic rings. The number of anilines is 4. The molecule has 0 spiro atoms. The maximum Gasteiger partial charge on any atom is 0.227 e. The Morgan fingerprint density at radius 2 is 2.00 bits per heavy atom. The lowest BCUT2D eigenvalue weighted by Crippen LogP contribution is -2.12. The summed E-state index contributed by atoms with van der Waals surface area (Å²) in [5.74, 6) is 1.41. The highest BCUT2D eigenvalue weighted by molar-refractivity contribution is 7.80. The second-order valence-corrected chi connectivity index (χ2v) is 7.73. The summed E-state index contributed by atoms with van der Waals surface area (Å²) in [4.78, 5) is 16.5. The predicted molar refractivity (Wildman–Crippen MR) is 119 cm³/mol. The topological polar surface area (TPSA) is 66.0 Å². The van der Waals surface area contributed by atoms with Crippen molar-refractivity contribution < 1.29 is 0 Å². The number of thiocarbonyl (C=S) groups is 1. The molecule has 142 valence electrons. The summed E-state index contributed by atoms with van der Waals surface area (Å²) < 4.78 is 0. The number of pyridine rings is 1. The molecule has 1 aromatic carbocycles. The fourth-order valence-electron chi connectivity index (χ4n) is 3.07. The number of fused-ring (bicyclic) bond motifs is 3. The van der Waals surface area contributed by atoms with E-state index in [0.717, 1.165) is 39.7 Å². The largest absolute Gasteiger partial charge is 0.363 e. The fourth-order valence-corrected chi connectivity index (χ4v) is 3.51. The van der Waals surface area contributed by atoms with Crippen molar-refractivity contribution in [3.8, 4) is 11.3 Å². The van der Waals surface area contributed by atoms with E-state index < -0.39 is 0 Å². The van der Waals surface area contributed by atoms with Crippen molar-refractivity contribution in [1.29, 1.82) is 0 Å². The minimum atomic E-state index is 0.509. The zero-order valence-electron chi connectivity index (χ0n) is 15.7. The molecule has 2 aromatic heterocycles. The molecule has 0 saturated heterocycles. The van der Waals surface area contributed by atoms with Gasteiger partial charge in [-0.1, -0.05) is 23.8 Å². The molecule has 0 radical (unpaired) electrons. The Balaban J connectivity index is 1.73. The molecule has 28 heavy (non-hydrogen) atoms. The number of rotatable bonds is 3. The van der Waals surface area contributed by atoms with Gasteiger partial charge in [0.25, 0.3) is 0 Å². The van der Waals surface area contributed by atoms with E-state index in [4.69, 9.17) is 28.8 Å². The molecule has 0 bridgehead atoms. The van der Waals surface area contributed by atoms with Gasteiger partial charge < -0.3 is 15.5 Å². The third-order valence-electron chi connectivity index (χ3n) is 4.50. The van der Waals surface area contributed by atoms with Crippen LogP contribution in [0.3, 0.4) is 0 Å². The van der Waals surface area contributed by atoms with E-state index in [1.54, 1.807) is 0 Å². The summed E-state index contributed by atoms with van der Waals surface area (Å²) in [6, 6.07) is 9.60. The summed E-state index contributed by atoms with van der Waals surface area (Å²) in [5.41, 5.74) is 5.36. The molecule has 8 heteroatoms. The highest BCUT2D eigenvalue weighted by atomic mass is 35.5. The number of halogens is 1. The SMILES string of the molecule is Cc1nc(N(C)C)ccc1Nc1ncc2c(n1)-c1ccc(Cl)cc1NC(=S)C2. The van der Waals surface area contributed by atoms with E-state index in [1.807, 2.05) is 62.4 Å². The van der Waals surface area contributed by atoms with Crippen molar-refractivity contribution in [3.63, 3.8) is 0 Å². The average Bonchev–Trinajstić information content (AvgIpc) is 2.77. The van der Waals surface area contributed by atoms with Crippen LogP contribution in [0.1, 0.15) is 11.3 Å². The molecule has 0 saturated carbocycles. The Labute approximate surface area is 174 Å². The average molecular weight is 411 g/mol. The summed E-state index contributed by atoms with van der Waals surface area (Å²) >= 11 is 11.6. The number of aryl methyl sites for hydroxylation is 1. The number of hydrogen-bond acceptors (Lipinski definition) is 6. The van der Waals surface area contributed by atoms with Crippen LogP contribution < -0.4 is 15.5 Å². The van der Waals surface area contributed by atoms with Crippen LogP contribution in [0, 0.1) is 6.92 Å². The van der Waals surface area contributed by atoms with Crippen molar-refractivity contribution in [1.82, 2.24) is 15.0 Å². The summed E-state index contributed by atoms with van der Waals surface area (Å²) in [6.45, 7) is 1.96. The van der Waals surface area contributed by atoms with Crippen LogP contribution in [0.15, 0.2) is 36.5 Å². The van der Waals surface area contributed by atoms with E-state index >= 15 is 0 Å². The smallest absolute Gasteiger partial charge is 0.227 e. The number of benzene rings is 1.